The highest BCUT2D eigenvalue weighted by molar-refractivity contribution is 9.10. The summed E-state index contributed by atoms with van der Waals surface area (Å²) in [5.74, 6) is 0.521. The average Bonchev–Trinajstić information content (AvgIpc) is 2.94. The largest absolute Gasteiger partial charge is 0.504 e. The van der Waals surface area contributed by atoms with Crippen LogP contribution in [0.1, 0.15) is 12.5 Å². The molecule has 0 amide bonds. The van der Waals surface area contributed by atoms with Gasteiger partial charge in [-0.15, -0.1) is 12.4 Å². The summed E-state index contributed by atoms with van der Waals surface area (Å²) in [4.78, 5) is 4.44. The Hall–Kier alpha value is -1.83. The minimum atomic E-state index is 0. The lowest BCUT2D eigenvalue weighted by atomic mass is 10.2. The molecule has 0 atom stereocenters. The monoisotopic (exact) mass is 427 g/mol. The van der Waals surface area contributed by atoms with Crippen LogP contribution in [0, 0.1) is 0 Å². The number of halogens is 2. The van der Waals surface area contributed by atoms with E-state index in [1.807, 2.05) is 31.2 Å². The van der Waals surface area contributed by atoms with E-state index < -0.39 is 0 Å². The zero-order valence-electron chi connectivity index (χ0n) is 12.7. The standard InChI is InChI=1S/C16H14BrN3O2S.ClH/c1-2-22-14-7-10(11(17)8-13(14)21)9-18-20-16-19-12-5-3-4-6-15(12)23-16;/h3-9,21H,2H2,1H3,(H,19,20);1H/b18-9+;. The molecule has 126 valence electrons. The molecule has 0 spiro atoms. The summed E-state index contributed by atoms with van der Waals surface area (Å²) in [5, 5.41) is 14.7. The fourth-order valence-electron chi connectivity index (χ4n) is 2.01. The van der Waals surface area contributed by atoms with Crippen LogP contribution in [-0.4, -0.2) is 22.9 Å². The summed E-state index contributed by atoms with van der Waals surface area (Å²) in [5.41, 5.74) is 4.66. The highest BCUT2D eigenvalue weighted by Crippen LogP contribution is 2.32. The van der Waals surface area contributed by atoms with Gasteiger partial charge in [-0.1, -0.05) is 23.5 Å². The number of hydrazone groups is 1. The molecule has 8 heteroatoms. The van der Waals surface area contributed by atoms with Crippen LogP contribution < -0.4 is 10.2 Å². The van der Waals surface area contributed by atoms with Gasteiger partial charge in [-0.3, -0.25) is 5.43 Å². The third-order valence-electron chi connectivity index (χ3n) is 3.04. The Morgan fingerprint density at radius 1 is 1.38 bits per heavy atom. The van der Waals surface area contributed by atoms with E-state index in [1.165, 1.54) is 11.3 Å². The van der Waals surface area contributed by atoms with Crippen molar-refractivity contribution >= 4 is 61.2 Å². The molecule has 0 aliphatic carbocycles. The van der Waals surface area contributed by atoms with E-state index in [1.54, 1.807) is 18.3 Å². The van der Waals surface area contributed by atoms with Crippen molar-refractivity contribution < 1.29 is 9.84 Å². The number of phenolic OH excluding ortho intramolecular Hbond substituents is 1. The van der Waals surface area contributed by atoms with Gasteiger partial charge in [-0.05, 0) is 47.1 Å². The summed E-state index contributed by atoms with van der Waals surface area (Å²) < 4.78 is 7.21. The molecule has 0 radical (unpaired) electrons. The van der Waals surface area contributed by atoms with Crippen molar-refractivity contribution in [2.24, 2.45) is 5.10 Å². The Labute approximate surface area is 157 Å². The number of fused-ring (bicyclic) bond motifs is 1. The highest BCUT2D eigenvalue weighted by Gasteiger charge is 2.07. The number of thiazole rings is 1. The van der Waals surface area contributed by atoms with Gasteiger partial charge in [0.25, 0.3) is 0 Å². The Kier molecular flexibility index (Phi) is 6.42. The topological polar surface area (TPSA) is 66.7 Å². The molecular formula is C16H15BrClN3O2S. The first-order valence-corrected chi connectivity index (χ1v) is 8.58. The average molecular weight is 429 g/mol. The van der Waals surface area contributed by atoms with Crippen LogP contribution in [-0.2, 0) is 0 Å². The first-order chi connectivity index (χ1) is 11.2. The fourth-order valence-corrected chi connectivity index (χ4v) is 3.25. The number of rotatable bonds is 5. The van der Waals surface area contributed by atoms with Gasteiger partial charge in [-0.25, -0.2) is 4.98 Å². The molecule has 0 aliphatic rings. The fraction of sp³-hybridized carbons (Fsp3) is 0.125. The third kappa shape index (κ3) is 4.17. The van der Waals surface area contributed by atoms with Crippen LogP contribution in [0.25, 0.3) is 10.2 Å². The zero-order valence-corrected chi connectivity index (χ0v) is 15.9. The number of nitrogens with one attached hydrogen (secondary N) is 1. The number of aromatic hydroxyl groups is 1. The minimum Gasteiger partial charge on any atom is -0.504 e. The minimum absolute atomic E-state index is 0. The van der Waals surface area contributed by atoms with Gasteiger partial charge >= 0.3 is 0 Å². The highest BCUT2D eigenvalue weighted by atomic mass is 79.9. The van der Waals surface area contributed by atoms with E-state index in [0.717, 1.165) is 25.4 Å². The number of nitrogens with zero attached hydrogens (tertiary/aromatic N) is 2. The summed E-state index contributed by atoms with van der Waals surface area (Å²) in [7, 11) is 0. The van der Waals surface area contributed by atoms with Crippen LogP contribution in [0.5, 0.6) is 11.5 Å². The molecule has 3 rings (SSSR count). The Balaban J connectivity index is 0.00000208. The first kappa shape index (κ1) is 18.5. The second-order valence-electron chi connectivity index (χ2n) is 4.63. The van der Waals surface area contributed by atoms with Crippen molar-refractivity contribution in [3.63, 3.8) is 0 Å². The van der Waals surface area contributed by atoms with E-state index in [9.17, 15) is 5.11 Å². The molecule has 3 aromatic rings. The number of benzene rings is 2. The quantitative estimate of drug-likeness (QED) is 0.442. The molecule has 0 saturated carbocycles. The summed E-state index contributed by atoms with van der Waals surface area (Å²) in [6.45, 7) is 2.35. The Morgan fingerprint density at radius 2 is 2.17 bits per heavy atom. The van der Waals surface area contributed by atoms with Crippen LogP contribution in [0.15, 0.2) is 46.0 Å². The van der Waals surface area contributed by atoms with Crippen molar-refractivity contribution in [1.29, 1.82) is 0 Å². The maximum atomic E-state index is 9.81. The summed E-state index contributed by atoms with van der Waals surface area (Å²) in [6.07, 6.45) is 1.65. The molecule has 24 heavy (non-hydrogen) atoms. The van der Waals surface area contributed by atoms with Crippen LogP contribution in [0.2, 0.25) is 0 Å². The molecule has 1 heterocycles. The smallest absolute Gasteiger partial charge is 0.204 e. The number of ether oxygens (including phenoxy) is 1. The van der Waals surface area contributed by atoms with Gasteiger partial charge in [0.15, 0.2) is 11.5 Å². The molecule has 2 N–H and O–H groups in total. The number of anilines is 1. The van der Waals surface area contributed by atoms with Gasteiger partial charge < -0.3 is 9.84 Å². The van der Waals surface area contributed by atoms with Crippen molar-refractivity contribution in [3.8, 4) is 11.5 Å². The second kappa shape index (κ2) is 8.32. The number of phenols is 1. The molecule has 0 unspecified atom stereocenters. The predicted octanol–water partition coefficient (Wildman–Crippen LogP) is 5.03. The van der Waals surface area contributed by atoms with Crippen molar-refractivity contribution in [1.82, 2.24) is 4.98 Å². The number of aromatic nitrogens is 1. The van der Waals surface area contributed by atoms with E-state index >= 15 is 0 Å². The van der Waals surface area contributed by atoms with Gasteiger partial charge in [0.1, 0.15) is 0 Å². The zero-order chi connectivity index (χ0) is 16.2. The number of hydrogen-bond acceptors (Lipinski definition) is 6. The predicted molar refractivity (Wildman–Crippen MR) is 105 cm³/mol. The molecule has 1 aromatic heterocycles. The second-order valence-corrected chi connectivity index (χ2v) is 6.52. The van der Waals surface area contributed by atoms with E-state index in [-0.39, 0.29) is 18.2 Å². The van der Waals surface area contributed by atoms with Crippen molar-refractivity contribution in [3.05, 3.63) is 46.4 Å². The maximum Gasteiger partial charge on any atom is 0.204 e. The SMILES string of the molecule is CCOc1cc(/C=N/Nc2nc3ccccc3s2)c(Br)cc1O.Cl. The molecular weight excluding hydrogens is 414 g/mol. The van der Waals surface area contributed by atoms with E-state index in [2.05, 4.69) is 31.4 Å². The summed E-state index contributed by atoms with van der Waals surface area (Å²) in [6, 6.07) is 11.2. The van der Waals surface area contributed by atoms with Gasteiger partial charge in [0.05, 0.1) is 23.0 Å². The lowest BCUT2D eigenvalue weighted by Gasteiger charge is -2.08. The van der Waals surface area contributed by atoms with Gasteiger partial charge in [0.2, 0.25) is 5.13 Å². The maximum absolute atomic E-state index is 9.81. The molecule has 0 bridgehead atoms. The van der Waals surface area contributed by atoms with Crippen molar-refractivity contribution in [2.45, 2.75) is 6.92 Å². The molecule has 5 nitrogen and oxygen atoms in total. The number of para-hydroxylation sites is 1. The van der Waals surface area contributed by atoms with Crippen LogP contribution >= 0.6 is 39.7 Å². The van der Waals surface area contributed by atoms with Crippen LogP contribution in [0.3, 0.4) is 0 Å². The summed E-state index contributed by atoms with van der Waals surface area (Å²) >= 11 is 4.94. The van der Waals surface area contributed by atoms with Crippen molar-refractivity contribution in [2.75, 3.05) is 12.0 Å². The first-order valence-electron chi connectivity index (χ1n) is 6.97. The number of hydrogen-bond donors (Lipinski definition) is 2. The molecule has 0 fully saturated rings. The molecule has 0 saturated heterocycles. The third-order valence-corrected chi connectivity index (χ3v) is 4.66. The van der Waals surface area contributed by atoms with E-state index in [4.69, 9.17) is 4.74 Å². The van der Waals surface area contributed by atoms with Gasteiger partial charge in [-0.2, -0.15) is 5.10 Å². The lowest BCUT2D eigenvalue weighted by molar-refractivity contribution is 0.318. The Morgan fingerprint density at radius 3 is 2.92 bits per heavy atom. The van der Waals surface area contributed by atoms with E-state index in [0.29, 0.717) is 12.4 Å². The lowest BCUT2D eigenvalue weighted by Crippen LogP contribution is -1.95. The Bertz CT molecular complexity index is 837. The van der Waals surface area contributed by atoms with Gasteiger partial charge in [0, 0.05) is 10.0 Å². The molecule has 0 aliphatic heterocycles. The normalized spacial score (nSPS) is 10.8. The molecule has 2 aromatic carbocycles. The van der Waals surface area contributed by atoms with Crippen LogP contribution in [0.4, 0.5) is 5.13 Å².